The van der Waals surface area contributed by atoms with Crippen molar-refractivity contribution in [2.75, 3.05) is 6.61 Å². The van der Waals surface area contributed by atoms with Crippen molar-refractivity contribution in [1.29, 1.82) is 0 Å². The first-order valence-corrected chi connectivity index (χ1v) is 8.19. The molecule has 0 aliphatic rings. The number of nitrogens with zero attached hydrogens (tertiary/aromatic N) is 1. The zero-order valence-corrected chi connectivity index (χ0v) is 15.0. The molecule has 2 aromatic carbocycles. The first-order chi connectivity index (χ1) is 13.3. The van der Waals surface area contributed by atoms with Gasteiger partial charge in [0.05, 0.1) is 6.04 Å². The van der Waals surface area contributed by atoms with E-state index in [1.54, 1.807) is 6.92 Å². The molecule has 2 rings (SSSR count). The van der Waals surface area contributed by atoms with Crippen molar-refractivity contribution in [3.05, 3.63) is 65.2 Å². The minimum atomic E-state index is -1.10. The average molecular weight is 385 g/mol. The first-order valence-electron chi connectivity index (χ1n) is 8.19. The number of oxime groups is 1. The summed E-state index contributed by atoms with van der Waals surface area (Å²) in [6.45, 7) is 1.08. The molecule has 5 N–H and O–H groups in total. The molecule has 1 atom stereocenters. The Labute approximate surface area is 160 Å². The van der Waals surface area contributed by atoms with Gasteiger partial charge in [0.15, 0.2) is 18.2 Å². The molecule has 0 unspecified atom stereocenters. The molecule has 0 aliphatic heterocycles. The monoisotopic (exact) mass is 385 g/mol. The number of amides is 1. The lowest BCUT2D eigenvalue weighted by Crippen LogP contribution is -2.38. The van der Waals surface area contributed by atoms with Crippen LogP contribution in [0.4, 0.5) is 0 Å². The molecule has 9 nitrogen and oxygen atoms in total. The lowest BCUT2D eigenvalue weighted by molar-refractivity contribution is -0.139. The van der Waals surface area contributed by atoms with E-state index < -0.39 is 24.5 Å². The van der Waals surface area contributed by atoms with Gasteiger partial charge in [-0.3, -0.25) is 9.59 Å². The third-order valence-electron chi connectivity index (χ3n) is 3.79. The second-order valence-electron chi connectivity index (χ2n) is 5.83. The highest BCUT2D eigenvalue weighted by molar-refractivity contribution is 6.04. The van der Waals surface area contributed by atoms with E-state index in [1.165, 1.54) is 48.5 Å². The summed E-state index contributed by atoms with van der Waals surface area (Å²) in [6.07, 6.45) is 0. The summed E-state index contributed by atoms with van der Waals surface area (Å²) >= 11 is 0. The van der Waals surface area contributed by atoms with Crippen LogP contribution in [0.5, 0.6) is 5.75 Å². The Morgan fingerprint density at radius 2 is 1.57 bits per heavy atom. The molecule has 146 valence electrons. The number of ketones is 1. The number of ether oxygens (including phenoxy) is 1. The highest BCUT2D eigenvalue weighted by Gasteiger charge is 2.18. The Morgan fingerprint density at radius 1 is 1.04 bits per heavy atom. The van der Waals surface area contributed by atoms with Gasteiger partial charge >= 0.3 is 5.97 Å². The molecule has 0 saturated carbocycles. The second kappa shape index (κ2) is 9.17. The number of rotatable bonds is 8. The zero-order valence-electron chi connectivity index (χ0n) is 15.0. The quantitative estimate of drug-likeness (QED) is 0.175. The van der Waals surface area contributed by atoms with Crippen LogP contribution in [0.3, 0.4) is 0 Å². The van der Waals surface area contributed by atoms with Crippen molar-refractivity contribution in [3.8, 4) is 5.75 Å². The van der Waals surface area contributed by atoms with E-state index in [1.807, 2.05) is 0 Å². The normalized spacial score (nSPS) is 12.1. The van der Waals surface area contributed by atoms with E-state index in [0.717, 1.165) is 0 Å². The van der Waals surface area contributed by atoms with Gasteiger partial charge in [0.2, 0.25) is 0 Å². The summed E-state index contributed by atoms with van der Waals surface area (Å²) in [5.74, 6) is -1.62. The van der Waals surface area contributed by atoms with Crippen LogP contribution in [0.2, 0.25) is 0 Å². The number of carboxylic acids is 1. The van der Waals surface area contributed by atoms with E-state index in [4.69, 9.17) is 20.8 Å². The lowest BCUT2D eigenvalue weighted by Gasteiger charge is -2.13. The van der Waals surface area contributed by atoms with E-state index in [-0.39, 0.29) is 11.6 Å². The SMILES string of the molecule is C[C@@H](NC(=O)c1ccc(/C(N)=N/O)cc1)C(=O)c1ccc(OCC(=O)O)cc1. The van der Waals surface area contributed by atoms with Gasteiger partial charge in [-0.1, -0.05) is 17.3 Å². The molecule has 0 aliphatic carbocycles. The van der Waals surface area contributed by atoms with Crippen LogP contribution in [-0.4, -0.2) is 46.5 Å². The van der Waals surface area contributed by atoms with Crippen LogP contribution in [0.1, 0.15) is 33.2 Å². The van der Waals surface area contributed by atoms with Gasteiger partial charge in [-0.15, -0.1) is 0 Å². The number of hydrogen-bond donors (Lipinski definition) is 4. The highest BCUT2D eigenvalue weighted by Crippen LogP contribution is 2.14. The highest BCUT2D eigenvalue weighted by atomic mass is 16.5. The Morgan fingerprint density at radius 3 is 2.11 bits per heavy atom. The Hall–Kier alpha value is -3.88. The summed E-state index contributed by atoms with van der Waals surface area (Å²) in [6, 6.07) is 11.2. The van der Waals surface area contributed by atoms with Gasteiger partial charge in [0.25, 0.3) is 5.91 Å². The summed E-state index contributed by atoms with van der Waals surface area (Å²) in [5, 5.41) is 22.7. The van der Waals surface area contributed by atoms with Gasteiger partial charge in [0, 0.05) is 16.7 Å². The maximum Gasteiger partial charge on any atom is 0.341 e. The molecule has 0 heterocycles. The van der Waals surface area contributed by atoms with Crippen molar-refractivity contribution in [2.45, 2.75) is 13.0 Å². The number of carbonyl (C=O) groups is 3. The summed E-state index contributed by atoms with van der Waals surface area (Å²) in [7, 11) is 0. The number of nitrogens with one attached hydrogen (secondary N) is 1. The molecule has 2 aromatic rings. The number of amidine groups is 1. The molecule has 1 amide bonds. The lowest BCUT2D eigenvalue weighted by atomic mass is 10.0. The minimum absolute atomic E-state index is 0.0775. The fourth-order valence-corrected chi connectivity index (χ4v) is 2.31. The molecular weight excluding hydrogens is 366 g/mol. The van der Waals surface area contributed by atoms with Crippen LogP contribution < -0.4 is 15.8 Å². The number of Topliss-reactive ketones (excluding diaryl/α,β-unsaturated/α-hetero) is 1. The maximum absolute atomic E-state index is 12.5. The van der Waals surface area contributed by atoms with Crippen LogP contribution in [-0.2, 0) is 4.79 Å². The van der Waals surface area contributed by atoms with Crippen LogP contribution in [0, 0.1) is 0 Å². The Kier molecular flexibility index (Phi) is 6.69. The van der Waals surface area contributed by atoms with Crippen molar-refractivity contribution in [2.24, 2.45) is 10.9 Å². The smallest absolute Gasteiger partial charge is 0.341 e. The molecule has 0 fully saturated rings. The van der Waals surface area contributed by atoms with Crippen LogP contribution in [0.25, 0.3) is 0 Å². The molecule has 0 spiro atoms. The van der Waals surface area contributed by atoms with E-state index in [2.05, 4.69) is 10.5 Å². The van der Waals surface area contributed by atoms with Gasteiger partial charge < -0.3 is 26.1 Å². The fraction of sp³-hybridized carbons (Fsp3) is 0.158. The topological polar surface area (TPSA) is 151 Å². The average Bonchev–Trinajstić information content (AvgIpc) is 2.71. The molecular formula is C19H19N3O6. The molecule has 28 heavy (non-hydrogen) atoms. The number of benzene rings is 2. The Balaban J connectivity index is 1.99. The third-order valence-corrected chi connectivity index (χ3v) is 3.79. The molecule has 0 radical (unpaired) electrons. The van der Waals surface area contributed by atoms with Gasteiger partial charge in [-0.25, -0.2) is 4.79 Å². The number of carbonyl (C=O) groups excluding carboxylic acids is 2. The number of carboxylic acid groups (broad SMARTS) is 1. The van der Waals surface area contributed by atoms with Gasteiger partial charge in [-0.2, -0.15) is 0 Å². The third kappa shape index (κ3) is 5.31. The molecule has 0 aromatic heterocycles. The number of aliphatic carboxylic acids is 1. The van der Waals surface area contributed by atoms with Crippen molar-refractivity contribution >= 4 is 23.5 Å². The molecule has 9 heteroatoms. The number of nitrogens with two attached hydrogens (primary N) is 1. The standard InChI is InChI=1S/C19H19N3O6/c1-11(17(25)12-6-8-15(9-7-12)28-10-16(23)24)21-19(26)14-4-2-13(3-5-14)18(20)22-27/h2-9,11,27H,10H2,1H3,(H2,20,22)(H,21,26)(H,23,24)/t11-/m1/s1. The van der Waals surface area contributed by atoms with Gasteiger partial charge in [-0.05, 0) is 43.3 Å². The predicted octanol–water partition coefficient (Wildman–Crippen LogP) is 1.25. The first kappa shape index (κ1) is 20.4. The fourth-order valence-electron chi connectivity index (χ4n) is 2.31. The summed E-state index contributed by atoms with van der Waals surface area (Å²) in [4.78, 5) is 35.2. The van der Waals surface area contributed by atoms with E-state index in [0.29, 0.717) is 22.4 Å². The number of hydrogen-bond acceptors (Lipinski definition) is 6. The maximum atomic E-state index is 12.5. The van der Waals surface area contributed by atoms with Gasteiger partial charge in [0.1, 0.15) is 5.75 Å². The van der Waals surface area contributed by atoms with Crippen molar-refractivity contribution in [3.63, 3.8) is 0 Å². The van der Waals surface area contributed by atoms with E-state index >= 15 is 0 Å². The molecule has 0 bridgehead atoms. The molecule has 0 saturated heterocycles. The summed E-state index contributed by atoms with van der Waals surface area (Å²) in [5.41, 5.74) is 6.58. The van der Waals surface area contributed by atoms with Crippen LogP contribution >= 0.6 is 0 Å². The van der Waals surface area contributed by atoms with Crippen LogP contribution in [0.15, 0.2) is 53.7 Å². The van der Waals surface area contributed by atoms with Crippen molar-refractivity contribution in [1.82, 2.24) is 5.32 Å². The van der Waals surface area contributed by atoms with E-state index in [9.17, 15) is 14.4 Å². The zero-order chi connectivity index (χ0) is 20.7. The largest absolute Gasteiger partial charge is 0.482 e. The predicted molar refractivity (Wildman–Crippen MR) is 99.8 cm³/mol. The minimum Gasteiger partial charge on any atom is -0.482 e. The summed E-state index contributed by atoms with van der Waals surface area (Å²) < 4.78 is 5.01. The second-order valence-corrected chi connectivity index (χ2v) is 5.83. The Bertz CT molecular complexity index is 891. The van der Waals surface area contributed by atoms with Crippen molar-refractivity contribution < 1.29 is 29.4 Å².